The second kappa shape index (κ2) is 27.9. The SMILES string of the molecule is CCCCCCCCCCCCN1CCCc2c1nc(C)c(O)c2C.CCCCCCCCCCCCN1CCCc2c1nc(C)c(O)c2C.O=C(O)C(=O)O. The molecule has 2 aromatic heterocycles. The van der Waals surface area contributed by atoms with E-state index in [1.807, 2.05) is 27.7 Å². The van der Waals surface area contributed by atoms with E-state index in [2.05, 4.69) is 23.6 Å². The Balaban J connectivity index is 0.000000338. The number of aryl methyl sites for hydroxylation is 2. The van der Waals surface area contributed by atoms with Gasteiger partial charge in [-0.2, -0.15) is 0 Å². The number of fused-ring (bicyclic) bond motifs is 2. The van der Waals surface area contributed by atoms with Gasteiger partial charge in [-0.15, -0.1) is 0 Å². The average molecular weight is 783 g/mol. The summed E-state index contributed by atoms with van der Waals surface area (Å²) in [5, 5.41) is 35.0. The van der Waals surface area contributed by atoms with E-state index in [9.17, 15) is 10.2 Å². The number of carbonyl (C=O) groups is 2. The van der Waals surface area contributed by atoms with Gasteiger partial charge in [-0.1, -0.05) is 129 Å². The van der Waals surface area contributed by atoms with Crippen molar-refractivity contribution >= 4 is 23.6 Å². The molecular weight excluding hydrogens is 705 g/mol. The third kappa shape index (κ3) is 17.3. The molecule has 0 aromatic carbocycles. The maximum atomic E-state index is 10.1. The second-order valence-electron chi connectivity index (χ2n) is 16.1. The first kappa shape index (κ1) is 48.6. The van der Waals surface area contributed by atoms with Crippen molar-refractivity contribution in [3.8, 4) is 11.5 Å². The van der Waals surface area contributed by atoms with Crippen molar-refractivity contribution in [3.05, 3.63) is 33.6 Å². The number of anilines is 2. The minimum atomic E-state index is -1.82. The molecule has 0 amide bonds. The number of rotatable bonds is 22. The van der Waals surface area contributed by atoms with Crippen LogP contribution in [-0.4, -0.2) is 68.5 Å². The molecule has 318 valence electrons. The fourth-order valence-electron chi connectivity index (χ4n) is 7.97. The van der Waals surface area contributed by atoms with Gasteiger partial charge in [-0.05, 0) is 77.3 Å². The van der Waals surface area contributed by atoms with Crippen molar-refractivity contribution < 1.29 is 30.0 Å². The smallest absolute Gasteiger partial charge is 0.414 e. The maximum absolute atomic E-state index is 10.1. The van der Waals surface area contributed by atoms with Crippen LogP contribution in [0.1, 0.15) is 189 Å². The number of aromatic hydroxyl groups is 2. The highest BCUT2D eigenvalue weighted by Crippen LogP contribution is 2.35. The Hall–Kier alpha value is -3.56. The van der Waals surface area contributed by atoms with Crippen LogP contribution in [-0.2, 0) is 22.4 Å². The summed E-state index contributed by atoms with van der Waals surface area (Å²) < 4.78 is 0. The van der Waals surface area contributed by atoms with Gasteiger partial charge in [0, 0.05) is 37.3 Å². The molecule has 0 atom stereocenters. The topological polar surface area (TPSA) is 147 Å². The zero-order chi connectivity index (χ0) is 41.3. The number of unbranched alkanes of at least 4 members (excludes halogenated alkanes) is 18. The zero-order valence-corrected chi connectivity index (χ0v) is 36.2. The summed E-state index contributed by atoms with van der Waals surface area (Å²) in [6.07, 6.45) is 32.0. The van der Waals surface area contributed by atoms with Crippen molar-refractivity contribution in [1.82, 2.24) is 9.97 Å². The van der Waals surface area contributed by atoms with Crippen LogP contribution in [0, 0.1) is 27.7 Å². The molecule has 4 heterocycles. The van der Waals surface area contributed by atoms with Crippen LogP contribution in [0.2, 0.25) is 0 Å². The number of aromatic nitrogens is 2. The van der Waals surface area contributed by atoms with Gasteiger partial charge in [0.05, 0.1) is 11.4 Å². The summed E-state index contributed by atoms with van der Waals surface area (Å²) in [7, 11) is 0. The zero-order valence-electron chi connectivity index (χ0n) is 36.2. The van der Waals surface area contributed by atoms with Crippen LogP contribution >= 0.6 is 0 Å². The van der Waals surface area contributed by atoms with E-state index in [0.29, 0.717) is 11.5 Å². The van der Waals surface area contributed by atoms with Gasteiger partial charge < -0.3 is 30.2 Å². The van der Waals surface area contributed by atoms with Crippen molar-refractivity contribution in [1.29, 1.82) is 0 Å². The molecule has 0 unspecified atom stereocenters. The van der Waals surface area contributed by atoms with Crippen molar-refractivity contribution in [2.45, 2.75) is 196 Å². The largest absolute Gasteiger partial charge is 0.506 e. The summed E-state index contributed by atoms with van der Waals surface area (Å²) >= 11 is 0. The Bertz CT molecular complexity index is 1340. The lowest BCUT2D eigenvalue weighted by Gasteiger charge is -2.31. The van der Waals surface area contributed by atoms with Crippen molar-refractivity contribution in [3.63, 3.8) is 0 Å². The third-order valence-electron chi connectivity index (χ3n) is 11.4. The molecule has 4 N–H and O–H groups in total. The molecule has 0 saturated heterocycles. The third-order valence-corrected chi connectivity index (χ3v) is 11.4. The van der Waals surface area contributed by atoms with Gasteiger partial charge in [0.25, 0.3) is 0 Å². The molecule has 2 aliphatic rings. The minimum Gasteiger partial charge on any atom is -0.506 e. The Morgan fingerprint density at radius 1 is 0.500 bits per heavy atom. The van der Waals surface area contributed by atoms with E-state index in [-0.39, 0.29) is 0 Å². The van der Waals surface area contributed by atoms with Crippen LogP contribution in [0.3, 0.4) is 0 Å². The van der Waals surface area contributed by atoms with Gasteiger partial charge >= 0.3 is 11.9 Å². The first-order chi connectivity index (χ1) is 26.9. The minimum absolute atomic E-state index is 0.388. The van der Waals surface area contributed by atoms with E-state index in [4.69, 9.17) is 29.8 Å². The van der Waals surface area contributed by atoms with Crippen LogP contribution in [0.15, 0.2) is 0 Å². The van der Waals surface area contributed by atoms with Gasteiger partial charge in [0.1, 0.15) is 23.1 Å². The molecule has 10 heteroatoms. The summed E-state index contributed by atoms with van der Waals surface area (Å²) in [5.74, 6) is -0.603. The summed E-state index contributed by atoms with van der Waals surface area (Å²) in [4.78, 5) is 32.5. The molecule has 0 fully saturated rings. The molecule has 2 aromatic rings. The lowest BCUT2D eigenvalue weighted by molar-refractivity contribution is -0.159. The predicted octanol–water partition coefficient (Wildman–Crippen LogP) is 11.3. The molecule has 0 spiro atoms. The summed E-state index contributed by atoms with van der Waals surface area (Å²) in [6, 6.07) is 0. The number of hydrogen-bond donors (Lipinski definition) is 4. The molecule has 10 nitrogen and oxygen atoms in total. The van der Waals surface area contributed by atoms with E-state index in [0.717, 1.165) is 73.2 Å². The quantitative estimate of drug-likeness (QED) is 0.0672. The van der Waals surface area contributed by atoms with Crippen LogP contribution in [0.25, 0.3) is 0 Å². The molecule has 4 rings (SSSR count). The van der Waals surface area contributed by atoms with Gasteiger partial charge in [0.15, 0.2) is 0 Å². The molecule has 56 heavy (non-hydrogen) atoms. The molecule has 0 aliphatic carbocycles. The fourth-order valence-corrected chi connectivity index (χ4v) is 7.97. The lowest BCUT2D eigenvalue weighted by Crippen LogP contribution is -2.32. The first-order valence-corrected chi connectivity index (χ1v) is 22.3. The Kier molecular flexibility index (Phi) is 24.2. The molecular formula is C46H78N4O6. The Morgan fingerprint density at radius 3 is 1.07 bits per heavy atom. The number of pyridine rings is 2. The van der Waals surface area contributed by atoms with E-state index in [1.54, 1.807) is 0 Å². The highest BCUT2D eigenvalue weighted by molar-refractivity contribution is 6.27. The maximum Gasteiger partial charge on any atom is 0.414 e. The van der Waals surface area contributed by atoms with Crippen LogP contribution in [0.5, 0.6) is 11.5 Å². The van der Waals surface area contributed by atoms with Gasteiger partial charge in [0.2, 0.25) is 0 Å². The second-order valence-corrected chi connectivity index (χ2v) is 16.1. The summed E-state index contributed by atoms with van der Waals surface area (Å²) in [6.45, 7) is 16.9. The van der Waals surface area contributed by atoms with E-state index < -0.39 is 11.9 Å². The molecule has 0 saturated carbocycles. The lowest BCUT2D eigenvalue weighted by atomic mass is 9.98. The number of carboxylic acid groups (broad SMARTS) is 2. The van der Waals surface area contributed by atoms with Crippen LogP contribution in [0.4, 0.5) is 11.6 Å². The van der Waals surface area contributed by atoms with Gasteiger partial charge in [-0.25, -0.2) is 19.6 Å². The molecule has 0 radical (unpaired) electrons. The van der Waals surface area contributed by atoms with Gasteiger partial charge in [-0.3, -0.25) is 0 Å². The van der Waals surface area contributed by atoms with Crippen LogP contribution < -0.4 is 9.80 Å². The monoisotopic (exact) mass is 783 g/mol. The fraction of sp³-hybridized carbons (Fsp3) is 0.739. The number of hydrogen-bond acceptors (Lipinski definition) is 8. The Labute approximate surface area is 339 Å². The first-order valence-electron chi connectivity index (χ1n) is 22.3. The molecule has 0 bridgehead atoms. The highest BCUT2D eigenvalue weighted by atomic mass is 16.4. The predicted molar refractivity (Wildman–Crippen MR) is 231 cm³/mol. The van der Waals surface area contributed by atoms with Crippen molar-refractivity contribution in [2.24, 2.45) is 0 Å². The standard InChI is InChI=1S/2C22H38N2O.C2H2O4/c2*1-4-5-6-7-8-9-10-11-12-13-16-24-17-14-15-20-18(2)21(25)19(3)23-22(20)24;3-1(4)2(5)6/h2*25H,4-17H2,1-3H3;(H,3,4)(H,5,6). The normalized spacial score (nSPS) is 13.2. The Morgan fingerprint density at radius 2 is 0.786 bits per heavy atom. The van der Waals surface area contributed by atoms with E-state index in [1.165, 1.54) is 152 Å². The highest BCUT2D eigenvalue weighted by Gasteiger charge is 2.24. The number of nitrogens with zero attached hydrogens (tertiary/aromatic N) is 4. The number of aliphatic carboxylic acids is 2. The van der Waals surface area contributed by atoms with E-state index >= 15 is 0 Å². The summed E-state index contributed by atoms with van der Waals surface area (Å²) in [5.41, 5.74) is 6.14. The molecule has 2 aliphatic heterocycles. The number of carboxylic acids is 2. The average Bonchev–Trinajstić information content (AvgIpc) is 3.18. The van der Waals surface area contributed by atoms with Crippen molar-refractivity contribution in [2.75, 3.05) is 36.0 Å².